The zero-order chi connectivity index (χ0) is 16.1. The molecule has 0 saturated heterocycles. The van der Waals surface area contributed by atoms with Crippen LogP contribution < -0.4 is 11.1 Å². The van der Waals surface area contributed by atoms with Crippen molar-refractivity contribution in [2.24, 2.45) is 0 Å². The van der Waals surface area contributed by atoms with E-state index in [1.54, 1.807) is 18.2 Å². The Kier molecular flexibility index (Phi) is 6.00. The third-order valence-corrected chi connectivity index (χ3v) is 5.19. The van der Waals surface area contributed by atoms with Gasteiger partial charge in [0, 0.05) is 10.6 Å². The Hall–Kier alpha value is -1.36. The fourth-order valence-electron chi connectivity index (χ4n) is 1.89. The van der Waals surface area contributed by atoms with Gasteiger partial charge in [-0.05, 0) is 36.8 Å². The molecule has 0 aliphatic rings. The number of anilines is 2. The van der Waals surface area contributed by atoms with E-state index in [-0.39, 0.29) is 11.2 Å². The molecule has 0 radical (unpaired) electrons. The van der Waals surface area contributed by atoms with Crippen LogP contribution in [0.5, 0.6) is 0 Å². The Morgan fingerprint density at radius 3 is 2.68 bits per heavy atom. The summed E-state index contributed by atoms with van der Waals surface area (Å²) in [6.45, 7) is 1.96. The monoisotopic (exact) mass is 354 g/mol. The maximum Gasteiger partial charge on any atom is 0.237 e. The Bertz CT molecular complexity index is 679. The third-order valence-electron chi connectivity index (χ3n) is 3.01. The second-order valence-corrected chi connectivity index (χ2v) is 6.74. The van der Waals surface area contributed by atoms with Crippen LogP contribution in [0, 0.1) is 0 Å². The summed E-state index contributed by atoms with van der Waals surface area (Å²) in [6.07, 6.45) is 0.684. The summed E-state index contributed by atoms with van der Waals surface area (Å²) in [5, 5.41) is 3.35. The molecule has 3 nitrogen and oxygen atoms in total. The van der Waals surface area contributed by atoms with Gasteiger partial charge in [-0.1, -0.05) is 42.3 Å². The molecule has 0 aliphatic carbocycles. The number of nitrogen functional groups attached to an aromatic ring is 1. The maximum atomic E-state index is 12.4. The van der Waals surface area contributed by atoms with E-state index in [1.807, 2.05) is 31.2 Å². The van der Waals surface area contributed by atoms with Crippen LogP contribution in [0.2, 0.25) is 10.0 Å². The molecule has 1 atom stereocenters. The zero-order valence-electron chi connectivity index (χ0n) is 12.0. The van der Waals surface area contributed by atoms with E-state index in [9.17, 15) is 4.79 Å². The van der Waals surface area contributed by atoms with Crippen LogP contribution in [0.4, 0.5) is 11.4 Å². The molecule has 0 saturated carbocycles. The van der Waals surface area contributed by atoms with Gasteiger partial charge in [0.05, 0.1) is 21.0 Å². The highest BCUT2D eigenvalue weighted by Gasteiger charge is 2.19. The van der Waals surface area contributed by atoms with Crippen molar-refractivity contribution in [1.29, 1.82) is 0 Å². The number of hydrogen-bond acceptors (Lipinski definition) is 3. The number of carbonyl (C=O) groups is 1. The molecule has 0 heterocycles. The van der Waals surface area contributed by atoms with Gasteiger partial charge in [0.25, 0.3) is 0 Å². The summed E-state index contributed by atoms with van der Waals surface area (Å²) in [5.41, 5.74) is 6.96. The lowest BCUT2D eigenvalue weighted by molar-refractivity contribution is -0.115. The first kappa shape index (κ1) is 17.0. The molecule has 0 aromatic heterocycles. The topological polar surface area (TPSA) is 55.1 Å². The van der Waals surface area contributed by atoms with Gasteiger partial charge in [0.1, 0.15) is 0 Å². The highest BCUT2D eigenvalue weighted by molar-refractivity contribution is 8.00. The third kappa shape index (κ3) is 4.32. The molecule has 1 unspecified atom stereocenters. The number of hydrogen-bond donors (Lipinski definition) is 2. The quantitative estimate of drug-likeness (QED) is 0.581. The van der Waals surface area contributed by atoms with Crippen molar-refractivity contribution in [3.8, 4) is 0 Å². The van der Waals surface area contributed by atoms with Gasteiger partial charge in [-0.3, -0.25) is 4.79 Å². The van der Waals surface area contributed by atoms with E-state index >= 15 is 0 Å². The highest BCUT2D eigenvalue weighted by atomic mass is 35.5. The van der Waals surface area contributed by atoms with E-state index in [0.717, 1.165) is 4.90 Å². The molecule has 0 aliphatic heterocycles. The number of benzene rings is 2. The van der Waals surface area contributed by atoms with Gasteiger partial charge in [0.15, 0.2) is 0 Å². The Morgan fingerprint density at radius 1 is 1.27 bits per heavy atom. The fraction of sp³-hybridized carbons (Fsp3) is 0.188. The first-order valence-corrected chi connectivity index (χ1v) is 8.42. The first-order valence-electron chi connectivity index (χ1n) is 6.78. The molecule has 0 fully saturated rings. The van der Waals surface area contributed by atoms with Crippen LogP contribution in [0.3, 0.4) is 0 Å². The molecule has 2 aromatic rings. The summed E-state index contributed by atoms with van der Waals surface area (Å²) in [5.74, 6) is -0.112. The van der Waals surface area contributed by atoms with Crippen molar-refractivity contribution in [3.63, 3.8) is 0 Å². The first-order chi connectivity index (χ1) is 10.5. The van der Waals surface area contributed by atoms with Gasteiger partial charge in [-0.25, -0.2) is 0 Å². The van der Waals surface area contributed by atoms with Gasteiger partial charge < -0.3 is 11.1 Å². The van der Waals surface area contributed by atoms with Gasteiger partial charge in [0.2, 0.25) is 5.91 Å². The average molecular weight is 355 g/mol. The van der Waals surface area contributed by atoms with Crippen LogP contribution >= 0.6 is 35.0 Å². The predicted octanol–water partition coefficient (Wildman–Crippen LogP) is 5.09. The largest absolute Gasteiger partial charge is 0.399 e. The van der Waals surface area contributed by atoms with Crippen LogP contribution in [0.1, 0.15) is 13.3 Å². The molecule has 116 valence electrons. The maximum absolute atomic E-state index is 12.4. The smallest absolute Gasteiger partial charge is 0.237 e. The summed E-state index contributed by atoms with van der Waals surface area (Å²) in [6, 6.07) is 12.6. The molecular weight excluding hydrogens is 339 g/mol. The van der Waals surface area contributed by atoms with E-state index in [0.29, 0.717) is 27.8 Å². The highest BCUT2D eigenvalue weighted by Crippen LogP contribution is 2.32. The predicted molar refractivity (Wildman–Crippen MR) is 95.9 cm³/mol. The number of amides is 1. The Balaban J connectivity index is 2.10. The minimum Gasteiger partial charge on any atom is -0.399 e. The molecular formula is C16H16Cl2N2OS. The van der Waals surface area contributed by atoms with E-state index in [4.69, 9.17) is 28.9 Å². The molecule has 2 rings (SSSR count). The molecule has 2 aromatic carbocycles. The average Bonchev–Trinajstić information content (AvgIpc) is 2.49. The Morgan fingerprint density at radius 2 is 2.00 bits per heavy atom. The zero-order valence-corrected chi connectivity index (χ0v) is 14.3. The summed E-state index contributed by atoms with van der Waals surface area (Å²) in [7, 11) is 0. The lowest BCUT2D eigenvalue weighted by Gasteiger charge is -2.16. The van der Waals surface area contributed by atoms with Crippen LogP contribution in [-0.4, -0.2) is 11.2 Å². The minimum atomic E-state index is -0.239. The number of nitrogens with two attached hydrogens (primary N) is 1. The second-order valence-electron chi connectivity index (χ2n) is 4.68. The number of carbonyl (C=O) groups excluding carboxylic acids is 1. The summed E-state index contributed by atoms with van der Waals surface area (Å²) in [4.78, 5) is 13.4. The van der Waals surface area contributed by atoms with E-state index < -0.39 is 0 Å². The van der Waals surface area contributed by atoms with E-state index in [2.05, 4.69) is 5.32 Å². The van der Waals surface area contributed by atoms with Crippen molar-refractivity contribution in [3.05, 3.63) is 52.5 Å². The van der Waals surface area contributed by atoms with Crippen molar-refractivity contribution in [1.82, 2.24) is 0 Å². The molecule has 3 N–H and O–H groups in total. The number of thioether (sulfide) groups is 1. The molecule has 1 amide bonds. The van der Waals surface area contributed by atoms with Gasteiger partial charge in [-0.2, -0.15) is 0 Å². The molecule has 22 heavy (non-hydrogen) atoms. The normalized spacial score (nSPS) is 12.0. The summed E-state index contributed by atoms with van der Waals surface area (Å²) >= 11 is 13.5. The van der Waals surface area contributed by atoms with Crippen LogP contribution in [0.25, 0.3) is 0 Å². The standard InChI is InChI=1S/C16H16Cl2N2OS/c1-2-14(22-11-6-3-5-10(19)9-11)16(21)20-13-8-4-7-12(17)15(13)18/h3-9,14H,2,19H2,1H3,(H,20,21). The minimum absolute atomic E-state index is 0.112. The van der Waals surface area contributed by atoms with Crippen molar-refractivity contribution in [2.45, 2.75) is 23.5 Å². The fourth-order valence-corrected chi connectivity index (χ4v) is 3.26. The second kappa shape index (κ2) is 7.77. The molecule has 0 bridgehead atoms. The lowest BCUT2D eigenvalue weighted by Crippen LogP contribution is -2.24. The lowest BCUT2D eigenvalue weighted by atomic mass is 10.2. The van der Waals surface area contributed by atoms with Gasteiger partial charge >= 0.3 is 0 Å². The van der Waals surface area contributed by atoms with Gasteiger partial charge in [-0.15, -0.1) is 11.8 Å². The van der Waals surface area contributed by atoms with Crippen LogP contribution in [-0.2, 0) is 4.79 Å². The Labute approximate surface area is 144 Å². The van der Waals surface area contributed by atoms with Crippen LogP contribution in [0.15, 0.2) is 47.4 Å². The number of halogens is 2. The summed E-state index contributed by atoms with van der Waals surface area (Å²) < 4.78 is 0. The SMILES string of the molecule is CCC(Sc1cccc(N)c1)C(=O)Nc1cccc(Cl)c1Cl. The molecule has 6 heteroatoms. The van der Waals surface area contributed by atoms with Crippen molar-refractivity contribution >= 4 is 52.2 Å². The number of rotatable bonds is 5. The van der Waals surface area contributed by atoms with E-state index in [1.165, 1.54) is 11.8 Å². The number of nitrogens with one attached hydrogen (secondary N) is 1. The van der Waals surface area contributed by atoms with Crippen molar-refractivity contribution < 1.29 is 4.79 Å². The molecule has 0 spiro atoms. The van der Waals surface area contributed by atoms with Crippen molar-refractivity contribution in [2.75, 3.05) is 11.1 Å².